The molecule has 1 heterocycles. The first-order chi connectivity index (χ1) is 8.79. The Bertz CT molecular complexity index is 685. The Labute approximate surface area is 104 Å². The van der Waals surface area contributed by atoms with Crippen LogP contribution in [0.3, 0.4) is 0 Å². The summed E-state index contributed by atoms with van der Waals surface area (Å²) in [5.41, 5.74) is 2.65. The fourth-order valence-corrected chi connectivity index (χ4v) is 2.22. The van der Waals surface area contributed by atoms with Crippen LogP contribution in [-0.2, 0) is 6.61 Å². The van der Waals surface area contributed by atoms with Crippen LogP contribution in [-0.4, -0.2) is 9.67 Å². The van der Waals surface area contributed by atoms with Gasteiger partial charge < -0.3 is 9.67 Å². The van der Waals surface area contributed by atoms with Crippen LogP contribution < -0.4 is 0 Å². The molecule has 1 N–H and O–H groups in total. The van der Waals surface area contributed by atoms with Crippen molar-refractivity contribution in [3.05, 3.63) is 66.1 Å². The Morgan fingerprint density at radius 3 is 2.44 bits per heavy atom. The first-order valence-corrected chi connectivity index (χ1v) is 5.76. The monoisotopic (exact) mass is 241 g/mol. The standard InChI is InChI=1S/C15H12FNO/c16-12-5-7-13(8-6-12)17-14(10-18)9-11-3-1-2-4-15(11)17/h1-9,18H,10H2. The van der Waals surface area contributed by atoms with Crippen molar-refractivity contribution in [2.75, 3.05) is 0 Å². The minimum absolute atomic E-state index is 0.0495. The summed E-state index contributed by atoms with van der Waals surface area (Å²) in [5.74, 6) is -0.263. The molecule has 0 atom stereocenters. The topological polar surface area (TPSA) is 25.2 Å². The third-order valence-corrected chi connectivity index (χ3v) is 3.03. The maximum absolute atomic E-state index is 13.0. The highest BCUT2D eigenvalue weighted by Crippen LogP contribution is 2.24. The molecule has 0 unspecified atom stereocenters. The van der Waals surface area contributed by atoms with Gasteiger partial charge in [-0.1, -0.05) is 18.2 Å². The number of benzene rings is 2. The lowest BCUT2D eigenvalue weighted by molar-refractivity contribution is 0.275. The summed E-state index contributed by atoms with van der Waals surface area (Å²) in [6.45, 7) is -0.0495. The van der Waals surface area contributed by atoms with E-state index in [1.54, 1.807) is 12.1 Å². The number of hydrogen-bond donors (Lipinski definition) is 1. The average molecular weight is 241 g/mol. The molecule has 18 heavy (non-hydrogen) atoms. The van der Waals surface area contributed by atoms with Gasteiger partial charge in [0.25, 0.3) is 0 Å². The second kappa shape index (κ2) is 4.27. The molecule has 0 fully saturated rings. The molecule has 2 aromatic carbocycles. The minimum Gasteiger partial charge on any atom is -0.390 e. The van der Waals surface area contributed by atoms with Crippen molar-refractivity contribution in [3.8, 4) is 5.69 Å². The van der Waals surface area contributed by atoms with Crippen LogP contribution >= 0.6 is 0 Å². The number of fused-ring (bicyclic) bond motifs is 1. The summed E-state index contributed by atoms with van der Waals surface area (Å²) in [6, 6.07) is 16.1. The molecule has 0 saturated heterocycles. The zero-order chi connectivity index (χ0) is 12.5. The molecule has 0 aliphatic rings. The summed E-state index contributed by atoms with van der Waals surface area (Å²) < 4.78 is 14.9. The fourth-order valence-electron chi connectivity index (χ4n) is 2.22. The highest BCUT2D eigenvalue weighted by Gasteiger charge is 2.09. The van der Waals surface area contributed by atoms with Crippen molar-refractivity contribution < 1.29 is 9.50 Å². The molecule has 90 valence electrons. The number of aromatic nitrogens is 1. The number of hydrogen-bond acceptors (Lipinski definition) is 1. The number of rotatable bonds is 2. The van der Waals surface area contributed by atoms with E-state index in [4.69, 9.17) is 0 Å². The van der Waals surface area contributed by atoms with E-state index in [-0.39, 0.29) is 12.4 Å². The number of halogens is 1. The average Bonchev–Trinajstić information content (AvgIpc) is 2.78. The lowest BCUT2D eigenvalue weighted by Gasteiger charge is -2.09. The summed E-state index contributed by atoms with van der Waals surface area (Å²) >= 11 is 0. The maximum atomic E-state index is 13.0. The zero-order valence-electron chi connectivity index (χ0n) is 9.68. The maximum Gasteiger partial charge on any atom is 0.123 e. The lowest BCUT2D eigenvalue weighted by atomic mass is 10.2. The molecule has 0 bridgehead atoms. The quantitative estimate of drug-likeness (QED) is 0.732. The molecule has 2 nitrogen and oxygen atoms in total. The summed E-state index contributed by atoms with van der Waals surface area (Å²) in [6.07, 6.45) is 0. The Morgan fingerprint density at radius 2 is 1.72 bits per heavy atom. The Balaban J connectivity index is 2.29. The van der Waals surface area contributed by atoms with Crippen LogP contribution in [0, 0.1) is 5.82 Å². The molecule has 3 rings (SSSR count). The summed E-state index contributed by atoms with van der Waals surface area (Å²) in [5, 5.41) is 10.5. The van der Waals surface area contributed by atoms with E-state index in [1.807, 2.05) is 34.9 Å². The molecule has 0 radical (unpaired) electrons. The van der Waals surface area contributed by atoms with Gasteiger partial charge in [0.1, 0.15) is 5.82 Å². The van der Waals surface area contributed by atoms with Crippen molar-refractivity contribution in [3.63, 3.8) is 0 Å². The molecule has 3 aromatic rings. The normalized spacial score (nSPS) is 11.0. The van der Waals surface area contributed by atoms with E-state index in [9.17, 15) is 9.50 Å². The predicted octanol–water partition coefficient (Wildman–Crippen LogP) is 3.26. The Kier molecular flexibility index (Phi) is 2.61. The predicted molar refractivity (Wildman–Crippen MR) is 69.2 cm³/mol. The smallest absolute Gasteiger partial charge is 0.123 e. The van der Waals surface area contributed by atoms with Gasteiger partial charge in [-0.05, 0) is 36.4 Å². The molecule has 0 aliphatic heterocycles. The van der Waals surface area contributed by atoms with E-state index in [0.717, 1.165) is 22.3 Å². The van der Waals surface area contributed by atoms with Gasteiger partial charge in [0.05, 0.1) is 12.1 Å². The molecule has 1 aromatic heterocycles. The van der Waals surface area contributed by atoms with Crippen molar-refractivity contribution in [1.29, 1.82) is 0 Å². The van der Waals surface area contributed by atoms with Crippen LogP contribution in [0.5, 0.6) is 0 Å². The van der Waals surface area contributed by atoms with Crippen molar-refractivity contribution in [2.24, 2.45) is 0 Å². The molecule has 0 aliphatic carbocycles. The SMILES string of the molecule is OCc1cc2ccccc2n1-c1ccc(F)cc1. The number of aliphatic hydroxyl groups is 1. The van der Waals surface area contributed by atoms with Crippen LogP contribution in [0.15, 0.2) is 54.6 Å². The van der Waals surface area contributed by atoms with Gasteiger partial charge in [-0.25, -0.2) is 4.39 Å². The van der Waals surface area contributed by atoms with Gasteiger partial charge in [0.2, 0.25) is 0 Å². The van der Waals surface area contributed by atoms with Gasteiger partial charge in [0, 0.05) is 16.8 Å². The Morgan fingerprint density at radius 1 is 1.00 bits per heavy atom. The van der Waals surface area contributed by atoms with Gasteiger partial charge in [-0.3, -0.25) is 0 Å². The highest BCUT2D eigenvalue weighted by molar-refractivity contribution is 5.83. The van der Waals surface area contributed by atoms with Crippen molar-refractivity contribution in [2.45, 2.75) is 6.61 Å². The number of nitrogens with zero attached hydrogens (tertiary/aromatic N) is 1. The van der Waals surface area contributed by atoms with Gasteiger partial charge in [0.15, 0.2) is 0 Å². The van der Waals surface area contributed by atoms with Crippen molar-refractivity contribution >= 4 is 10.9 Å². The van der Waals surface area contributed by atoms with Crippen molar-refractivity contribution in [1.82, 2.24) is 4.57 Å². The molecular weight excluding hydrogens is 229 g/mol. The third-order valence-electron chi connectivity index (χ3n) is 3.03. The van der Waals surface area contributed by atoms with Gasteiger partial charge in [-0.15, -0.1) is 0 Å². The zero-order valence-corrected chi connectivity index (χ0v) is 9.68. The fraction of sp³-hybridized carbons (Fsp3) is 0.0667. The van der Waals surface area contributed by atoms with Crippen LogP contribution in [0.25, 0.3) is 16.6 Å². The van der Waals surface area contributed by atoms with Crippen LogP contribution in [0.4, 0.5) is 4.39 Å². The Hall–Kier alpha value is -2.13. The van der Waals surface area contributed by atoms with E-state index < -0.39 is 0 Å². The summed E-state index contributed by atoms with van der Waals surface area (Å²) in [7, 11) is 0. The van der Waals surface area contributed by atoms with Crippen LogP contribution in [0.2, 0.25) is 0 Å². The third kappa shape index (κ3) is 1.69. The molecule has 0 spiro atoms. The lowest BCUT2D eigenvalue weighted by Crippen LogP contribution is -1.99. The van der Waals surface area contributed by atoms with E-state index >= 15 is 0 Å². The van der Waals surface area contributed by atoms with Gasteiger partial charge >= 0.3 is 0 Å². The number of aliphatic hydroxyl groups excluding tert-OH is 1. The largest absolute Gasteiger partial charge is 0.390 e. The highest BCUT2D eigenvalue weighted by atomic mass is 19.1. The first-order valence-electron chi connectivity index (χ1n) is 5.76. The first kappa shape index (κ1) is 11.0. The summed E-state index contributed by atoms with van der Waals surface area (Å²) in [4.78, 5) is 0. The van der Waals surface area contributed by atoms with E-state index in [2.05, 4.69) is 0 Å². The second-order valence-electron chi connectivity index (χ2n) is 4.16. The number of para-hydroxylation sites is 1. The van der Waals surface area contributed by atoms with E-state index in [1.165, 1.54) is 12.1 Å². The molecule has 0 amide bonds. The molecule has 3 heteroatoms. The molecule has 0 saturated carbocycles. The second-order valence-corrected chi connectivity index (χ2v) is 4.16. The molecular formula is C15H12FNO. The van der Waals surface area contributed by atoms with E-state index in [0.29, 0.717) is 0 Å². The van der Waals surface area contributed by atoms with Gasteiger partial charge in [-0.2, -0.15) is 0 Å². The minimum atomic E-state index is -0.263. The van der Waals surface area contributed by atoms with Crippen LogP contribution in [0.1, 0.15) is 5.69 Å².